The third kappa shape index (κ3) is 3.28. The Balaban J connectivity index is 2.28. The van der Waals surface area contributed by atoms with Crippen LogP contribution in [0.2, 0.25) is 0 Å². The van der Waals surface area contributed by atoms with E-state index >= 15 is 0 Å². The Morgan fingerprint density at radius 2 is 1.68 bits per heavy atom. The monoisotopic (exact) mass is 254 g/mol. The largest absolute Gasteiger partial charge is 0.508 e. The highest BCUT2D eigenvalue weighted by molar-refractivity contribution is 5.93. The maximum Gasteiger partial charge on any atom is 0.337 e. The number of phenols is 1. The van der Waals surface area contributed by atoms with Gasteiger partial charge in [0.05, 0.1) is 16.9 Å². The molecule has 0 aromatic heterocycles. The molecule has 2 aromatic rings. The summed E-state index contributed by atoms with van der Waals surface area (Å²) in [5.41, 5.74) is 0.947. The molecule has 0 spiro atoms. The molecule has 0 amide bonds. The molecular formula is C14H10N2O3. The Morgan fingerprint density at radius 3 is 2.37 bits per heavy atom. The molecule has 0 saturated carbocycles. The van der Waals surface area contributed by atoms with Gasteiger partial charge in [-0.3, -0.25) is 0 Å². The highest BCUT2D eigenvalue weighted by Gasteiger charge is 2.06. The van der Waals surface area contributed by atoms with Crippen LogP contribution in [0.3, 0.4) is 0 Å². The number of carbonyl (C=O) groups is 1. The van der Waals surface area contributed by atoms with Gasteiger partial charge in [-0.05, 0) is 36.4 Å². The van der Waals surface area contributed by atoms with Gasteiger partial charge < -0.3 is 10.2 Å². The first-order valence-corrected chi connectivity index (χ1v) is 5.44. The van der Waals surface area contributed by atoms with Crippen LogP contribution in [0.1, 0.15) is 10.4 Å². The van der Waals surface area contributed by atoms with Crippen molar-refractivity contribution < 1.29 is 15.0 Å². The van der Waals surface area contributed by atoms with Crippen molar-refractivity contribution >= 4 is 23.4 Å². The van der Waals surface area contributed by atoms with E-state index in [1.54, 1.807) is 30.3 Å². The van der Waals surface area contributed by atoms with E-state index in [1.807, 2.05) is 0 Å². The minimum absolute atomic E-state index is 0.0934. The molecule has 2 rings (SSSR count). The van der Waals surface area contributed by atoms with Gasteiger partial charge in [-0.25, -0.2) is 4.79 Å². The van der Waals surface area contributed by atoms with E-state index < -0.39 is 5.97 Å². The highest BCUT2D eigenvalue weighted by atomic mass is 16.4. The lowest BCUT2D eigenvalue weighted by molar-refractivity contribution is 0.0698. The van der Waals surface area contributed by atoms with Gasteiger partial charge in [0.1, 0.15) is 11.8 Å². The van der Waals surface area contributed by atoms with Crippen LogP contribution in [0.15, 0.2) is 58.5 Å². The number of aromatic hydroxyl groups is 1. The average Bonchev–Trinajstić information content (AvgIpc) is 2.41. The maximum atomic E-state index is 10.9. The first-order chi connectivity index (χ1) is 9.16. The number of phenolic OH excluding ortho intramolecular Hbond substituents is 1. The van der Waals surface area contributed by atoms with Crippen molar-refractivity contribution in [3.8, 4) is 5.75 Å². The van der Waals surface area contributed by atoms with Gasteiger partial charge in [0.25, 0.3) is 0 Å². The number of hydrogen-bond acceptors (Lipinski definition) is 4. The predicted octanol–water partition coefficient (Wildman–Crippen LogP) is 3.23. The van der Waals surface area contributed by atoms with Crippen LogP contribution in [-0.4, -0.2) is 22.2 Å². The number of rotatable bonds is 3. The summed E-state index contributed by atoms with van der Waals surface area (Å²) in [7, 11) is 0. The molecule has 5 heteroatoms. The fourth-order valence-electron chi connectivity index (χ4n) is 1.42. The Morgan fingerprint density at radius 1 is 1.00 bits per heavy atom. The fraction of sp³-hybridized carbons (Fsp3) is 0. The highest BCUT2D eigenvalue weighted by Crippen LogP contribution is 2.19. The molecule has 0 aliphatic heterocycles. The Bertz CT molecular complexity index is 657. The molecule has 0 atom stereocenters. The molecule has 0 saturated heterocycles. The van der Waals surface area contributed by atoms with Gasteiger partial charge in [-0.2, -0.15) is 9.98 Å². The quantitative estimate of drug-likeness (QED) is 0.825. The summed E-state index contributed by atoms with van der Waals surface area (Å²) in [6.45, 7) is 0. The van der Waals surface area contributed by atoms with E-state index in [1.165, 1.54) is 18.2 Å². The third-order valence-electron chi connectivity index (χ3n) is 2.33. The fourth-order valence-corrected chi connectivity index (χ4v) is 1.42. The van der Waals surface area contributed by atoms with Crippen molar-refractivity contribution in [2.24, 2.45) is 9.98 Å². The van der Waals surface area contributed by atoms with Crippen molar-refractivity contribution in [3.05, 3.63) is 54.1 Å². The van der Waals surface area contributed by atoms with E-state index in [0.29, 0.717) is 5.69 Å². The summed E-state index contributed by atoms with van der Waals surface area (Å²) in [5, 5.41) is 18.1. The number of hydrogen-bond donors (Lipinski definition) is 2. The molecule has 19 heavy (non-hydrogen) atoms. The molecule has 0 radical (unpaired) electrons. The van der Waals surface area contributed by atoms with E-state index in [2.05, 4.69) is 16.0 Å². The molecule has 94 valence electrons. The average molecular weight is 254 g/mol. The third-order valence-corrected chi connectivity index (χ3v) is 2.33. The molecule has 0 bridgehead atoms. The Labute approximate surface area is 109 Å². The lowest BCUT2D eigenvalue weighted by atomic mass is 10.2. The van der Waals surface area contributed by atoms with Gasteiger partial charge in [0, 0.05) is 0 Å². The van der Waals surface area contributed by atoms with Crippen LogP contribution in [0.5, 0.6) is 5.75 Å². The lowest BCUT2D eigenvalue weighted by Crippen LogP contribution is -1.95. The minimum Gasteiger partial charge on any atom is -0.508 e. The summed E-state index contributed by atoms with van der Waals surface area (Å²) < 4.78 is 0. The zero-order chi connectivity index (χ0) is 13.7. The molecule has 5 nitrogen and oxygen atoms in total. The van der Waals surface area contributed by atoms with Crippen LogP contribution in [0, 0.1) is 0 Å². The normalized spacial score (nSPS) is 9.47. The van der Waals surface area contributed by atoms with Crippen LogP contribution in [-0.2, 0) is 0 Å². The first-order valence-electron chi connectivity index (χ1n) is 5.44. The number of para-hydroxylation sites is 1. The number of aliphatic imine (C=N–C) groups is 2. The lowest BCUT2D eigenvalue weighted by Gasteiger charge is -1.96. The van der Waals surface area contributed by atoms with Gasteiger partial charge in [0.2, 0.25) is 0 Å². The SMILES string of the molecule is O=C(O)c1ccccc1N=C=Nc1ccc(O)cc1. The van der Waals surface area contributed by atoms with E-state index in [-0.39, 0.29) is 17.0 Å². The molecule has 2 N–H and O–H groups in total. The van der Waals surface area contributed by atoms with Crippen LogP contribution >= 0.6 is 0 Å². The molecule has 0 aliphatic rings. The van der Waals surface area contributed by atoms with Crippen molar-refractivity contribution in [2.75, 3.05) is 0 Å². The maximum absolute atomic E-state index is 10.9. The molecule has 0 aliphatic carbocycles. The summed E-state index contributed by atoms with van der Waals surface area (Å²) in [4.78, 5) is 18.8. The first kappa shape index (κ1) is 12.5. The van der Waals surface area contributed by atoms with Crippen molar-refractivity contribution in [1.29, 1.82) is 0 Å². The van der Waals surface area contributed by atoms with Gasteiger partial charge in [-0.1, -0.05) is 12.1 Å². The second-order valence-corrected chi connectivity index (χ2v) is 3.66. The second kappa shape index (κ2) is 5.62. The van der Waals surface area contributed by atoms with E-state index in [9.17, 15) is 4.79 Å². The van der Waals surface area contributed by atoms with Crippen molar-refractivity contribution in [1.82, 2.24) is 0 Å². The number of carboxylic acid groups (broad SMARTS) is 1. The molecule has 0 heterocycles. The van der Waals surface area contributed by atoms with Crippen molar-refractivity contribution in [3.63, 3.8) is 0 Å². The predicted molar refractivity (Wildman–Crippen MR) is 70.7 cm³/mol. The summed E-state index contributed by atoms with van der Waals surface area (Å²) in [6, 6.07) is 15.0. The second-order valence-electron chi connectivity index (χ2n) is 3.66. The van der Waals surface area contributed by atoms with Crippen molar-refractivity contribution in [2.45, 2.75) is 0 Å². The number of carboxylic acids is 1. The summed E-state index contributed by atoms with van der Waals surface area (Å²) in [5.74, 6) is -0.905. The van der Waals surface area contributed by atoms with Gasteiger partial charge in [-0.15, -0.1) is 0 Å². The van der Waals surface area contributed by atoms with E-state index in [0.717, 1.165) is 0 Å². The smallest absolute Gasteiger partial charge is 0.337 e. The zero-order valence-electron chi connectivity index (χ0n) is 9.82. The summed E-state index contributed by atoms with van der Waals surface area (Å²) >= 11 is 0. The number of aromatic carboxylic acids is 1. The number of benzene rings is 2. The van der Waals surface area contributed by atoms with E-state index in [4.69, 9.17) is 10.2 Å². The Hall–Kier alpha value is -2.91. The zero-order valence-corrected chi connectivity index (χ0v) is 9.82. The van der Waals surface area contributed by atoms with Crippen LogP contribution < -0.4 is 0 Å². The van der Waals surface area contributed by atoms with Crippen LogP contribution in [0.25, 0.3) is 0 Å². The number of nitrogens with zero attached hydrogens (tertiary/aromatic N) is 2. The Kier molecular flexibility index (Phi) is 3.71. The van der Waals surface area contributed by atoms with Gasteiger partial charge >= 0.3 is 5.97 Å². The minimum atomic E-state index is -1.05. The summed E-state index contributed by atoms with van der Waals surface area (Å²) in [6.07, 6.45) is 0. The molecule has 0 unspecified atom stereocenters. The standard InChI is InChI=1S/C14H10N2O3/c17-11-7-5-10(6-8-11)15-9-16-13-4-2-1-3-12(13)14(18)19/h1-8,17H,(H,18,19). The van der Waals surface area contributed by atoms with Crippen LogP contribution in [0.4, 0.5) is 11.4 Å². The van der Waals surface area contributed by atoms with Gasteiger partial charge in [0.15, 0.2) is 0 Å². The molecule has 2 aromatic carbocycles. The molecular weight excluding hydrogens is 244 g/mol. The topological polar surface area (TPSA) is 82.2 Å². The molecule has 0 fully saturated rings.